The van der Waals surface area contributed by atoms with Gasteiger partial charge in [0.05, 0.1) is 6.61 Å². The summed E-state index contributed by atoms with van der Waals surface area (Å²) in [5.41, 5.74) is -0.0233. The third kappa shape index (κ3) is 5.95. The number of rotatable bonds is 11. The van der Waals surface area contributed by atoms with Crippen molar-refractivity contribution in [2.45, 2.75) is 37.1 Å². The van der Waals surface area contributed by atoms with Gasteiger partial charge in [0, 0.05) is 19.9 Å². The van der Waals surface area contributed by atoms with E-state index < -0.39 is 27.9 Å². The molecule has 0 aliphatic carbocycles. The molecule has 24 heavy (non-hydrogen) atoms. The summed E-state index contributed by atoms with van der Waals surface area (Å²) in [6.45, 7) is 2.23. The number of carboxylic acids is 1. The number of aliphatic carboxylic acids is 1. The van der Waals surface area contributed by atoms with Crippen LogP contribution in [0.1, 0.15) is 36.7 Å². The average Bonchev–Trinajstić information content (AvgIpc) is 3.02. The smallest absolute Gasteiger partial charge is 0.326 e. The zero-order valence-electron chi connectivity index (χ0n) is 13.7. The molecule has 0 bridgehead atoms. The maximum Gasteiger partial charge on any atom is 0.326 e. The Balaban J connectivity index is 2.76. The molecule has 1 heterocycles. The SMILES string of the molecule is CCCCC(NC(=O)c1cc(S(=O)(=O)NCCOC)c[nH]1)C(=O)O. The number of nitrogens with one attached hydrogen (secondary N) is 3. The van der Waals surface area contributed by atoms with E-state index in [1.54, 1.807) is 0 Å². The first-order valence-electron chi connectivity index (χ1n) is 7.52. The second kappa shape index (κ2) is 9.40. The number of aromatic nitrogens is 1. The molecular formula is C14H23N3O6S. The lowest BCUT2D eigenvalue weighted by Crippen LogP contribution is -2.40. The summed E-state index contributed by atoms with van der Waals surface area (Å²) in [5.74, 6) is -1.80. The fraction of sp³-hybridized carbons (Fsp3) is 0.571. The topological polar surface area (TPSA) is 138 Å². The Morgan fingerprint density at radius 1 is 1.42 bits per heavy atom. The van der Waals surface area contributed by atoms with E-state index in [-0.39, 0.29) is 23.7 Å². The summed E-state index contributed by atoms with van der Waals surface area (Å²) in [6.07, 6.45) is 2.94. The number of aromatic amines is 1. The summed E-state index contributed by atoms with van der Waals surface area (Å²) in [5, 5.41) is 11.5. The fourth-order valence-corrected chi connectivity index (χ4v) is 2.93. The third-order valence-corrected chi connectivity index (χ3v) is 4.70. The normalized spacial score (nSPS) is 12.8. The maximum absolute atomic E-state index is 12.1. The Kier molecular flexibility index (Phi) is 7.89. The Bertz CT molecular complexity index is 655. The van der Waals surface area contributed by atoms with Gasteiger partial charge < -0.3 is 20.1 Å². The molecule has 10 heteroatoms. The molecule has 4 N–H and O–H groups in total. The molecule has 0 fully saturated rings. The number of hydrogen-bond donors (Lipinski definition) is 4. The number of carbonyl (C=O) groups is 2. The van der Waals surface area contributed by atoms with Crippen molar-refractivity contribution in [1.82, 2.24) is 15.0 Å². The number of hydrogen-bond acceptors (Lipinski definition) is 5. The van der Waals surface area contributed by atoms with E-state index in [2.05, 4.69) is 15.0 Å². The average molecular weight is 361 g/mol. The molecule has 0 spiro atoms. The standard InChI is InChI=1S/C14H23N3O6S/c1-3-4-5-11(14(19)20)17-13(18)12-8-10(9-15-12)24(21,22)16-6-7-23-2/h8-9,11,15-16H,3-7H2,1-2H3,(H,17,18)(H,19,20). The van der Waals surface area contributed by atoms with Crippen molar-refractivity contribution in [2.24, 2.45) is 0 Å². The van der Waals surface area contributed by atoms with Crippen LogP contribution >= 0.6 is 0 Å². The van der Waals surface area contributed by atoms with Gasteiger partial charge in [0.15, 0.2) is 0 Å². The highest BCUT2D eigenvalue weighted by atomic mass is 32.2. The summed E-state index contributed by atoms with van der Waals surface area (Å²) < 4.78 is 31.1. The van der Waals surface area contributed by atoms with E-state index in [0.29, 0.717) is 12.8 Å². The predicted molar refractivity (Wildman–Crippen MR) is 86.3 cm³/mol. The number of carboxylic acid groups (broad SMARTS) is 1. The maximum atomic E-state index is 12.1. The van der Waals surface area contributed by atoms with E-state index in [1.165, 1.54) is 13.3 Å². The first kappa shape index (κ1) is 20.1. The van der Waals surface area contributed by atoms with Gasteiger partial charge in [0.1, 0.15) is 16.6 Å². The number of carbonyl (C=O) groups excluding carboxylic acids is 1. The van der Waals surface area contributed by atoms with Crippen LogP contribution in [0.5, 0.6) is 0 Å². The van der Waals surface area contributed by atoms with E-state index in [4.69, 9.17) is 9.84 Å². The number of H-pyrrole nitrogens is 1. The molecule has 1 unspecified atom stereocenters. The quantitative estimate of drug-likeness (QED) is 0.419. The second-order valence-electron chi connectivity index (χ2n) is 5.15. The molecule has 1 atom stereocenters. The summed E-state index contributed by atoms with van der Waals surface area (Å²) in [7, 11) is -2.31. The van der Waals surface area contributed by atoms with Crippen LogP contribution in [0, 0.1) is 0 Å². The first-order chi connectivity index (χ1) is 11.3. The molecule has 1 aromatic rings. The minimum absolute atomic E-state index is 0.0233. The molecule has 1 amide bonds. The van der Waals surface area contributed by atoms with Crippen molar-refractivity contribution in [2.75, 3.05) is 20.3 Å². The van der Waals surface area contributed by atoms with Crippen LogP contribution in [0.25, 0.3) is 0 Å². The van der Waals surface area contributed by atoms with Gasteiger partial charge in [-0.25, -0.2) is 17.9 Å². The minimum atomic E-state index is -3.76. The van der Waals surface area contributed by atoms with Crippen molar-refractivity contribution in [3.05, 3.63) is 18.0 Å². The lowest BCUT2D eigenvalue weighted by molar-refractivity contribution is -0.139. The van der Waals surface area contributed by atoms with E-state index >= 15 is 0 Å². The van der Waals surface area contributed by atoms with Gasteiger partial charge in [-0.15, -0.1) is 0 Å². The Hall–Kier alpha value is -1.91. The molecule has 0 aliphatic rings. The Labute approximate surface area is 140 Å². The number of amides is 1. The van der Waals surface area contributed by atoms with Crippen LogP contribution in [0.4, 0.5) is 0 Å². The molecular weight excluding hydrogens is 338 g/mol. The van der Waals surface area contributed by atoms with Gasteiger partial charge in [-0.3, -0.25) is 4.79 Å². The highest BCUT2D eigenvalue weighted by Crippen LogP contribution is 2.11. The lowest BCUT2D eigenvalue weighted by atomic mass is 10.1. The van der Waals surface area contributed by atoms with Gasteiger partial charge >= 0.3 is 5.97 Å². The largest absolute Gasteiger partial charge is 0.480 e. The van der Waals surface area contributed by atoms with Crippen LogP contribution in [0.2, 0.25) is 0 Å². The van der Waals surface area contributed by atoms with E-state index in [0.717, 1.165) is 12.5 Å². The molecule has 0 aromatic carbocycles. The molecule has 1 aromatic heterocycles. The van der Waals surface area contributed by atoms with Crippen molar-refractivity contribution in [3.63, 3.8) is 0 Å². The monoisotopic (exact) mass is 361 g/mol. The van der Waals surface area contributed by atoms with Crippen LogP contribution < -0.4 is 10.0 Å². The van der Waals surface area contributed by atoms with E-state index in [1.807, 2.05) is 6.92 Å². The number of methoxy groups -OCH3 is 1. The highest BCUT2D eigenvalue weighted by Gasteiger charge is 2.22. The minimum Gasteiger partial charge on any atom is -0.480 e. The molecule has 0 aliphatic heterocycles. The van der Waals surface area contributed by atoms with E-state index in [9.17, 15) is 18.0 Å². The van der Waals surface area contributed by atoms with Crippen molar-refractivity contribution >= 4 is 21.9 Å². The van der Waals surface area contributed by atoms with Gasteiger partial charge in [-0.05, 0) is 12.5 Å². The van der Waals surface area contributed by atoms with Gasteiger partial charge in [0.25, 0.3) is 5.91 Å². The molecule has 0 radical (unpaired) electrons. The Morgan fingerprint density at radius 2 is 2.12 bits per heavy atom. The number of unbranched alkanes of at least 4 members (excludes halogenated alkanes) is 1. The third-order valence-electron chi connectivity index (χ3n) is 3.26. The summed E-state index contributed by atoms with van der Waals surface area (Å²) in [6, 6.07) is 0.143. The summed E-state index contributed by atoms with van der Waals surface area (Å²) >= 11 is 0. The van der Waals surface area contributed by atoms with Crippen molar-refractivity contribution in [1.29, 1.82) is 0 Å². The number of sulfonamides is 1. The van der Waals surface area contributed by atoms with Crippen LogP contribution in [-0.4, -0.2) is 56.7 Å². The summed E-state index contributed by atoms with van der Waals surface area (Å²) in [4.78, 5) is 25.7. The second-order valence-corrected chi connectivity index (χ2v) is 6.91. The molecule has 136 valence electrons. The van der Waals surface area contributed by atoms with Gasteiger partial charge in [0.2, 0.25) is 10.0 Å². The zero-order valence-corrected chi connectivity index (χ0v) is 14.5. The highest BCUT2D eigenvalue weighted by molar-refractivity contribution is 7.89. The van der Waals surface area contributed by atoms with Gasteiger partial charge in [-0.2, -0.15) is 0 Å². The van der Waals surface area contributed by atoms with Crippen LogP contribution in [-0.2, 0) is 19.6 Å². The lowest BCUT2D eigenvalue weighted by Gasteiger charge is -2.13. The molecule has 1 rings (SSSR count). The zero-order chi connectivity index (χ0) is 18.2. The molecule has 0 saturated heterocycles. The predicted octanol–water partition coefficient (Wildman–Crippen LogP) is 0.313. The van der Waals surface area contributed by atoms with Crippen LogP contribution in [0.3, 0.4) is 0 Å². The Morgan fingerprint density at radius 3 is 2.71 bits per heavy atom. The van der Waals surface area contributed by atoms with Crippen molar-refractivity contribution in [3.8, 4) is 0 Å². The van der Waals surface area contributed by atoms with Crippen molar-refractivity contribution < 1.29 is 27.9 Å². The fourth-order valence-electron chi connectivity index (χ4n) is 1.92. The first-order valence-corrected chi connectivity index (χ1v) is 9.00. The van der Waals surface area contributed by atoms with Gasteiger partial charge in [-0.1, -0.05) is 19.8 Å². The number of ether oxygens (including phenoxy) is 1. The van der Waals surface area contributed by atoms with Crippen LogP contribution in [0.15, 0.2) is 17.2 Å². The molecule has 0 saturated carbocycles. The molecule has 9 nitrogen and oxygen atoms in total.